The molecule has 1 aromatic heterocycles. The van der Waals surface area contributed by atoms with E-state index in [1.807, 2.05) is 36.4 Å². The molecule has 7 nitrogen and oxygen atoms in total. The number of amides is 2. The fourth-order valence-corrected chi connectivity index (χ4v) is 3.23. The first-order chi connectivity index (χ1) is 14.6. The van der Waals surface area contributed by atoms with E-state index in [0.29, 0.717) is 17.2 Å². The van der Waals surface area contributed by atoms with Crippen molar-refractivity contribution in [2.45, 2.75) is 12.6 Å². The van der Waals surface area contributed by atoms with Gasteiger partial charge in [-0.05, 0) is 42.0 Å². The maximum Gasteiger partial charge on any atom is 0.455 e. The summed E-state index contributed by atoms with van der Waals surface area (Å²) in [7, 11) is 1.58. The van der Waals surface area contributed by atoms with Crippen molar-refractivity contribution in [3.63, 3.8) is 0 Å². The summed E-state index contributed by atoms with van der Waals surface area (Å²) in [6.45, 7) is 0.133. The van der Waals surface area contributed by atoms with Gasteiger partial charge in [-0.1, -0.05) is 24.3 Å². The number of carbonyl (C=O) groups is 2. The predicted molar refractivity (Wildman–Crippen MR) is 110 cm³/mol. The summed E-state index contributed by atoms with van der Waals surface area (Å²) >= 11 is 0. The van der Waals surface area contributed by atoms with Crippen LogP contribution in [0.5, 0.6) is 5.75 Å². The van der Waals surface area contributed by atoms with Crippen LogP contribution in [0.2, 0.25) is 0 Å². The molecular weight excluding hydrogens is 384 g/mol. The Labute approximate surface area is 173 Å². The molecule has 30 heavy (non-hydrogen) atoms. The SMILES string of the molecule is COc1cccc(/C=C2/OC3C=CC=CC3=[N+](CC(=O)NCc3ccco3)C2=O)c1. The van der Waals surface area contributed by atoms with Crippen LogP contribution in [0.3, 0.4) is 0 Å². The highest BCUT2D eigenvalue weighted by Crippen LogP contribution is 2.22. The van der Waals surface area contributed by atoms with Gasteiger partial charge in [0.2, 0.25) is 24.1 Å². The standard InChI is InChI=1S/C23H20N2O5/c1-28-17-7-4-6-16(12-17)13-21-23(27)25(19-9-2-3-10-20(19)30-21)15-22(26)24-14-18-8-5-11-29-18/h2-13,20H,14-15H2,1H3/p+1/b21-13+. The van der Waals surface area contributed by atoms with E-state index in [4.69, 9.17) is 13.9 Å². The first-order valence-electron chi connectivity index (χ1n) is 9.49. The Morgan fingerprint density at radius 1 is 1.27 bits per heavy atom. The molecule has 1 aromatic carbocycles. The van der Waals surface area contributed by atoms with Crippen molar-refractivity contribution in [2.75, 3.05) is 13.7 Å². The van der Waals surface area contributed by atoms with Crippen molar-refractivity contribution < 1.29 is 28.1 Å². The largest absolute Gasteiger partial charge is 0.497 e. The average molecular weight is 405 g/mol. The Morgan fingerprint density at radius 2 is 2.17 bits per heavy atom. The van der Waals surface area contributed by atoms with Crippen LogP contribution in [0.4, 0.5) is 0 Å². The van der Waals surface area contributed by atoms with E-state index in [1.54, 1.807) is 43.7 Å². The van der Waals surface area contributed by atoms with Crippen molar-refractivity contribution >= 4 is 23.6 Å². The molecule has 0 saturated heterocycles. The molecule has 0 spiro atoms. The van der Waals surface area contributed by atoms with Crippen molar-refractivity contribution in [1.29, 1.82) is 0 Å². The summed E-state index contributed by atoms with van der Waals surface area (Å²) in [5.41, 5.74) is 1.39. The first-order valence-corrected chi connectivity index (χ1v) is 9.49. The third-order valence-corrected chi connectivity index (χ3v) is 4.71. The Kier molecular flexibility index (Phi) is 5.61. The third kappa shape index (κ3) is 4.25. The van der Waals surface area contributed by atoms with E-state index >= 15 is 0 Å². The molecule has 2 amide bonds. The second kappa shape index (κ2) is 8.65. The molecule has 1 aliphatic heterocycles. The maximum absolute atomic E-state index is 13.1. The molecule has 0 bridgehead atoms. The first kappa shape index (κ1) is 19.4. The smallest absolute Gasteiger partial charge is 0.455 e. The fraction of sp³-hybridized carbons (Fsp3) is 0.174. The van der Waals surface area contributed by atoms with Crippen molar-refractivity contribution in [3.05, 3.63) is 84.0 Å². The van der Waals surface area contributed by atoms with Crippen LogP contribution in [0.1, 0.15) is 11.3 Å². The van der Waals surface area contributed by atoms with Crippen LogP contribution in [0, 0.1) is 0 Å². The van der Waals surface area contributed by atoms with Crippen molar-refractivity contribution in [1.82, 2.24) is 5.32 Å². The van der Waals surface area contributed by atoms with Crippen LogP contribution >= 0.6 is 0 Å². The highest BCUT2D eigenvalue weighted by molar-refractivity contribution is 6.06. The molecule has 0 saturated carbocycles. The summed E-state index contributed by atoms with van der Waals surface area (Å²) in [5, 5.41) is 2.77. The lowest BCUT2D eigenvalue weighted by atomic mass is 10.1. The van der Waals surface area contributed by atoms with Gasteiger partial charge in [0, 0.05) is 6.08 Å². The van der Waals surface area contributed by atoms with Gasteiger partial charge in [0.1, 0.15) is 11.5 Å². The lowest BCUT2D eigenvalue weighted by Gasteiger charge is -2.22. The molecule has 2 aliphatic rings. The Balaban J connectivity index is 1.58. The lowest BCUT2D eigenvalue weighted by Crippen LogP contribution is -2.46. The predicted octanol–water partition coefficient (Wildman–Crippen LogP) is 2.45. The molecule has 1 aliphatic carbocycles. The number of nitrogens with one attached hydrogen (secondary N) is 1. The molecule has 0 radical (unpaired) electrons. The zero-order valence-electron chi connectivity index (χ0n) is 16.4. The molecule has 4 rings (SSSR count). The summed E-state index contributed by atoms with van der Waals surface area (Å²) < 4.78 is 17.8. The van der Waals surface area contributed by atoms with Gasteiger partial charge in [-0.2, -0.15) is 0 Å². The second-order valence-corrected chi connectivity index (χ2v) is 6.74. The van der Waals surface area contributed by atoms with Crippen LogP contribution in [-0.2, 0) is 20.9 Å². The van der Waals surface area contributed by atoms with Gasteiger partial charge in [0.25, 0.3) is 5.91 Å². The number of methoxy groups -OCH3 is 1. The average Bonchev–Trinajstić information content (AvgIpc) is 3.29. The monoisotopic (exact) mass is 405 g/mol. The number of furan rings is 1. The molecular formula is C23H21N2O5+. The van der Waals surface area contributed by atoms with Gasteiger partial charge < -0.3 is 19.2 Å². The van der Waals surface area contributed by atoms with Crippen LogP contribution in [-0.4, -0.2) is 41.9 Å². The summed E-state index contributed by atoms with van der Waals surface area (Å²) in [5.74, 6) is 0.806. The second-order valence-electron chi connectivity index (χ2n) is 6.74. The van der Waals surface area contributed by atoms with E-state index in [1.165, 1.54) is 4.58 Å². The van der Waals surface area contributed by atoms with Crippen LogP contribution < -0.4 is 10.1 Å². The van der Waals surface area contributed by atoms with E-state index in [-0.39, 0.29) is 30.7 Å². The molecule has 152 valence electrons. The Bertz CT molecular complexity index is 1080. The number of allylic oxidation sites excluding steroid dienone is 2. The van der Waals surface area contributed by atoms with Gasteiger partial charge >= 0.3 is 5.91 Å². The number of rotatable bonds is 6. The van der Waals surface area contributed by atoms with Gasteiger partial charge in [-0.3, -0.25) is 4.79 Å². The number of hydrogen-bond donors (Lipinski definition) is 1. The quantitative estimate of drug-likeness (QED) is 0.590. The highest BCUT2D eigenvalue weighted by atomic mass is 16.5. The minimum absolute atomic E-state index is 0.123. The van der Waals surface area contributed by atoms with Crippen molar-refractivity contribution in [2.24, 2.45) is 0 Å². The number of nitrogens with zero attached hydrogens (tertiary/aromatic N) is 1. The molecule has 2 heterocycles. The third-order valence-electron chi connectivity index (χ3n) is 4.71. The van der Waals surface area contributed by atoms with Gasteiger partial charge in [-0.15, -0.1) is 4.58 Å². The molecule has 1 N–H and O–H groups in total. The number of ether oxygens (including phenoxy) is 2. The number of hydrogen-bond acceptors (Lipinski definition) is 5. The number of fused-ring (bicyclic) bond motifs is 1. The number of benzene rings is 1. The molecule has 1 unspecified atom stereocenters. The van der Waals surface area contributed by atoms with Gasteiger partial charge in [0.05, 0.1) is 19.9 Å². The van der Waals surface area contributed by atoms with E-state index < -0.39 is 6.10 Å². The summed E-state index contributed by atoms with van der Waals surface area (Å²) in [4.78, 5) is 25.6. The van der Waals surface area contributed by atoms with Crippen LogP contribution in [0.25, 0.3) is 6.08 Å². The maximum atomic E-state index is 13.1. The fourth-order valence-electron chi connectivity index (χ4n) is 3.23. The summed E-state index contributed by atoms with van der Waals surface area (Å²) in [6.07, 6.45) is 10.0. The van der Waals surface area contributed by atoms with Crippen molar-refractivity contribution in [3.8, 4) is 5.75 Å². The number of carbonyl (C=O) groups excluding carboxylic acids is 2. The van der Waals surface area contributed by atoms with Gasteiger partial charge in [0.15, 0.2) is 0 Å². The zero-order chi connectivity index (χ0) is 20.9. The highest BCUT2D eigenvalue weighted by Gasteiger charge is 2.40. The zero-order valence-corrected chi connectivity index (χ0v) is 16.4. The van der Waals surface area contributed by atoms with Crippen LogP contribution in [0.15, 0.2) is 77.1 Å². The minimum atomic E-state index is -0.442. The molecule has 1 atom stereocenters. The Morgan fingerprint density at radius 3 is 2.97 bits per heavy atom. The molecule has 2 aromatic rings. The Hall–Kier alpha value is -3.87. The lowest BCUT2D eigenvalue weighted by molar-refractivity contribution is -0.443. The van der Waals surface area contributed by atoms with E-state index in [2.05, 4.69) is 5.32 Å². The van der Waals surface area contributed by atoms with E-state index in [9.17, 15) is 9.59 Å². The van der Waals surface area contributed by atoms with Gasteiger partial charge in [-0.25, -0.2) is 4.79 Å². The normalized spacial score (nSPS) is 18.9. The topological polar surface area (TPSA) is 80.8 Å². The minimum Gasteiger partial charge on any atom is -0.497 e. The summed E-state index contributed by atoms with van der Waals surface area (Å²) in [6, 6.07) is 10.8. The molecule has 0 fully saturated rings. The molecule has 7 heteroatoms. The van der Waals surface area contributed by atoms with E-state index in [0.717, 1.165) is 5.56 Å².